The molecule has 0 aromatic heterocycles. The standard InChI is InChI=1S/C17H29N3/c1-4-18-13-15-5-7-16(8-6-15)14-20(3)17-9-11-19(2)12-10-17/h5-8,17-18H,4,9-14H2,1-3H3. The van der Waals surface area contributed by atoms with Gasteiger partial charge in [-0.2, -0.15) is 0 Å². The van der Waals surface area contributed by atoms with Crippen LogP contribution in [0.25, 0.3) is 0 Å². The fourth-order valence-electron chi connectivity index (χ4n) is 2.88. The summed E-state index contributed by atoms with van der Waals surface area (Å²) in [5, 5.41) is 3.37. The number of hydrogen-bond donors (Lipinski definition) is 1. The van der Waals surface area contributed by atoms with Crippen molar-refractivity contribution in [1.29, 1.82) is 0 Å². The zero-order valence-electron chi connectivity index (χ0n) is 13.2. The van der Waals surface area contributed by atoms with Gasteiger partial charge in [0, 0.05) is 19.1 Å². The van der Waals surface area contributed by atoms with Gasteiger partial charge in [-0.05, 0) is 57.7 Å². The number of likely N-dealkylation sites (tertiary alicyclic amines) is 1. The average Bonchev–Trinajstić information content (AvgIpc) is 2.47. The van der Waals surface area contributed by atoms with Crippen LogP contribution >= 0.6 is 0 Å². The zero-order valence-corrected chi connectivity index (χ0v) is 13.2. The van der Waals surface area contributed by atoms with Crippen LogP contribution in [-0.4, -0.2) is 49.6 Å². The summed E-state index contributed by atoms with van der Waals surface area (Å²) in [6, 6.07) is 9.80. The lowest BCUT2D eigenvalue weighted by atomic mass is 10.0. The highest BCUT2D eigenvalue weighted by Gasteiger charge is 2.20. The van der Waals surface area contributed by atoms with Crippen LogP contribution in [0.3, 0.4) is 0 Å². The highest BCUT2D eigenvalue weighted by molar-refractivity contribution is 5.22. The number of benzene rings is 1. The van der Waals surface area contributed by atoms with Crippen molar-refractivity contribution in [2.24, 2.45) is 0 Å². The summed E-state index contributed by atoms with van der Waals surface area (Å²) in [5.41, 5.74) is 2.80. The van der Waals surface area contributed by atoms with Gasteiger partial charge in [-0.15, -0.1) is 0 Å². The van der Waals surface area contributed by atoms with Crippen molar-refractivity contribution in [2.75, 3.05) is 33.7 Å². The minimum Gasteiger partial charge on any atom is -0.313 e. The molecular weight excluding hydrogens is 246 g/mol. The fourth-order valence-corrected chi connectivity index (χ4v) is 2.88. The maximum absolute atomic E-state index is 3.37. The van der Waals surface area contributed by atoms with E-state index in [1.807, 2.05) is 0 Å². The molecule has 0 aliphatic carbocycles. The Balaban J connectivity index is 1.83. The van der Waals surface area contributed by atoms with Gasteiger partial charge in [-0.3, -0.25) is 4.90 Å². The third-order valence-electron chi connectivity index (χ3n) is 4.35. The summed E-state index contributed by atoms with van der Waals surface area (Å²) in [5.74, 6) is 0. The Morgan fingerprint density at radius 3 is 2.35 bits per heavy atom. The van der Waals surface area contributed by atoms with Crippen LogP contribution in [0, 0.1) is 0 Å². The van der Waals surface area contributed by atoms with Crippen molar-refractivity contribution in [1.82, 2.24) is 15.1 Å². The number of nitrogens with one attached hydrogen (secondary N) is 1. The largest absolute Gasteiger partial charge is 0.313 e. The van der Waals surface area contributed by atoms with E-state index >= 15 is 0 Å². The summed E-state index contributed by atoms with van der Waals surface area (Å²) in [4.78, 5) is 4.95. The van der Waals surface area contributed by atoms with E-state index in [1.165, 1.54) is 37.1 Å². The first-order valence-corrected chi connectivity index (χ1v) is 7.86. The SMILES string of the molecule is CCNCc1ccc(CN(C)C2CCN(C)CC2)cc1. The zero-order chi connectivity index (χ0) is 14.4. The molecule has 1 aliphatic heterocycles. The molecule has 0 unspecified atom stereocenters. The smallest absolute Gasteiger partial charge is 0.0233 e. The van der Waals surface area contributed by atoms with Gasteiger partial charge >= 0.3 is 0 Å². The molecule has 1 aliphatic rings. The number of hydrogen-bond acceptors (Lipinski definition) is 3. The minimum atomic E-state index is 0.743. The van der Waals surface area contributed by atoms with Crippen LogP contribution in [0.15, 0.2) is 24.3 Å². The Morgan fingerprint density at radius 2 is 1.75 bits per heavy atom. The lowest BCUT2D eigenvalue weighted by molar-refractivity contribution is 0.139. The van der Waals surface area contributed by atoms with Gasteiger partial charge in [0.2, 0.25) is 0 Å². The van der Waals surface area contributed by atoms with Crippen LogP contribution < -0.4 is 5.32 Å². The number of rotatable bonds is 6. The molecular formula is C17H29N3. The molecule has 1 saturated heterocycles. The lowest BCUT2D eigenvalue weighted by Gasteiger charge is -2.35. The highest BCUT2D eigenvalue weighted by atomic mass is 15.2. The Hall–Kier alpha value is -0.900. The van der Waals surface area contributed by atoms with Crippen LogP contribution in [0.1, 0.15) is 30.9 Å². The summed E-state index contributed by atoms with van der Waals surface area (Å²) >= 11 is 0. The van der Waals surface area contributed by atoms with Gasteiger partial charge < -0.3 is 10.2 Å². The van der Waals surface area contributed by atoms with E-state index in [9.17, 15) is 0 Å². The Kier molecular flexibility index (Phi) is 6.02. The number of piperidine rings is 1. The number of nitrogens with zero attached hydrogens (tertiary/aromatic N) is 2. The van der Waals surface area contributed by atoms with Gasteiger partial charge in [0.05, 0.1) is 0 Å². The van der Waals surface area contributed by atoms with Gasteiger partial charge in [0.15, 0.2) is 0 Å². The maximum atomic E-state index is 3.37. The van der Waals surface area contributed by atoms with Crippen LogP contribution in [0.4, 0.5) is 0 Å². The van der Waals surface area contributed by atoms with Crippen molar-refractivity contribution in [3.05, 3.63) is 35.4 Å². The van der Waals surface area contributed by atoms with Crippen LogP contribution in [0.2, 0.25) is 0 Å². The van der Waals surface area contributed by atoms with E-state index in [4.69, 9.17) is 0 Å². The molecule has 3 nitrogen and oxygen atoms in total. The minimum absolute atomic E-state index is 0.743. The highest BCUT2D eigenvalue weighted by Crippen LogP contribution is 2.16. The third kappa shape index (κ3) is 4.58. The monoisotopic (exact) mass is 275 g/mol. The Labute approximate surface area is 124 Å². The van der Waals surface area contributed by atoms with Crippen molar-refractivity contribution in [3.63, 3.8) is 0 Å². The van der Waals surface area contributed by atoms with Gasteiger partial charge in [-0.1, -0.05) is 31.2 Å². The Morgan fingerprint density at radius 1 is 1.15 bits per heavy atom. The summed E-state index contributed by atoms with van der Waals surface area (Å²) in [6.45, 7) is 7.68. The van der Waals surface area contributed by atoms with E-state index < -0.39 is 0 Å². The molecule has 0 amide bonds. The maximum Gasteiger partial charge on any atom is 0.0233 e. The van der Waals surface area contributed by atoms with E-state index in [0.29, 0.717) is 0 Å². The molecule has 3 heteroatoms. The molecule has 1 fully saturated rings. The lowest BCUT2D eigenvalue weighted by Crippen LogP contribution is -2.41. The summed E-state index contributed by atoms with van der Waals surface area (Å²) in [7, 11) is 4.49. The van der Waals surface area contributed by atoms with Crippen LogP contribution in [-0.2, 0) is 13.1 Å². The normalized spacial score (nSPS) is 17.8. The Bertz CT molecular complexity index is 380. The van der Waals surface area contributed by atoms with E-state index in [0.717, 1.165) is 25.7 Å². The molecule has 2 rings (SSSR count). The van der Waals surface area contributed by atoms with Gasteiger partial charge in [0.1, 0.15) is 0 Å². The second-order valence-corrected chi connectivity index (χ2v) is 6.05. The molecule has 1 N–H and O–H groups in total. The van der Waals surface area contributed by atoms with Gasteiger partial charge in [-0.25, -0.2) is 0 Å². The molecule has 1 aromatic carbocycles. The van der Waals surface area contributed by atoms with Gasteiger partial charge in [0.25, 0.3) is 0 Å². The van der Waals surface area contributed by atoms with Crippen molar-refractivity contribution in [3.8, 4) is 0 Å². The third-order valence-corrected chi connectivity index (χ3v) is 4.35. The van der Waals surface area contributed by atoms with Crippen LogP contribution in [0.5, 0.6) is 0 Å². The average molecular weight is 275 g/mol. The molecule has 1 heterocycles. The molecule has 0 radical (unpaired) electrons. The first kappa shape index (κ1) is 15.5. The molecule has 0 spiro atoms. The summed E-state index contributed by atoms with van der Waals surface area (Å²) in [6.07, 6.45) is 2.59. The molecule has 20 heavy (non-hydrogen) atoms. The second-order valence-electron chi connectivity index (χ2n) is 6.05. The second kappa shape index (κ2) is 7.77. The van der Waals surface area contributed by atoms with E-state index in [1.54, 1.807) is 0 Å². The fraction of sp³-hybridized carbons (Fsp3) is 0.647. The van der Waals surface area contributed by atoms with Crippen molar-refractivity contribution in [2.45, 2.75) is 38.9 Å². The molecule has 112 valence electrons. The predicted octanol–water partition coefficient (Wildman–Crippen LogP) is 2.32. The first-order valence-electron chi connectivity index (χ1n) is 7.86. The molecule has 1 aromatic rings. The molecule has 0 saturated carbocycles. The molecule has 0 atom stereocenters. The van der Waals surface area contributed by atoms with Crippen molar-refractivity contribution >= 4 is 0 Å². The quantitative estimate of drug-likeness (QED) is 0.859. The topological polar surface area (TPSA) is 18.5 Å². The van der Waals surface area contributed by atoms with E-state index in [2.05, 4.69) is 60.4 Å². The molecule has 0 bridgehead atoms. The first-order chi connectivity index (χ1) is 9.69. The van der Waals surface area contributed by atoms with Crippen molar-refractivity contribution < 1.29 is 0 Å². The predicted molar refractivity (Wildman–Crippen MR) is 85.8 cm³/mol. The van der Waals surface area contributed by atoms with E-state index in [-0.39, 0.29) is 0 Å². The summed E-state index contributed by atoms with van der Waals surface area (Å²) < 4.78 is 0.